The fourth-order valence-electron chi connectivity index (χ4n) is 5.09. The van der Waals surface area contributed by atoms with E-state index in [4.69, 9.17) is 9.94 Å². The highest BCUT2D eigenvalue weighted by molar-refractivity contribution is 5.90. The first-order chi connectivity index (χ1) is 19.6. The number of nitrogens with one attached hydrogen (secondary N) is 2. The number of nitrogens with zero attached hydrogens (tertiary/aromatic N) is 2. The molecule has 1 aliphatic heterocycles. The van der Waals surface area contributed by atoms with Crippen molar-refractivity contribution in [3.05, 3.63) is 113 Å². The number of benzene rings is 3. The molecule has 5 rings (SSSR count). The van der Waals surface area contributed by atoms with Crippen LogP contribution in [0, 0.1) is 0 Å². The molecule has 4 aromatic rings. The van der Waals surface area contributed by atoms with E-state index >= 15 is 0 Å². The summed E-state index contributed by atoms with van der Waals surface area (Å²) in [6, 6.07) is 24.4. The Morgan fingerprint density at radius 2 is 1.77 bits per heavy atom. The number of carbonyl (C=O) groups excluding carboxylic acids is 2. The van der Waals surface area contributed by atoms with Gasteiger partial charge in [-0.15, -0.1) is 0 Å². The van der Waals surface area contributed by atoms with Crippen LogP contribution in [0.4, 0.5) is 4.79 Å². The first-order valence-corrected chi connectivity index (χ1v) is 13.6. The molecule has 2 amide bonds. The molecule has 0 unspecified atom stereocenters. The molecule has 1 aliphatic rings. The number of hydrogen-bond acceptors (Lipinski definition) is 5. The Morgan fingerprint density at radius 1 is 1.00 bits per heavy atom. The standard InChI is InChI=1S/C32H34N4O4/c37-31(34-39)14-13-24-9-11-25(12-10-24)22-35(17-15-27-21-33-30-8-4-3-7-29(27)30)19-20-40-32(38)36-18-16-26-5-1-2-6-28(26)23-36/h1-14,21,33,39H,15-20,22-23H2,(H,34,37)/b14-13+. The van der Waals surface area contributed by atoms with Gasteiger partial charge in [0.15, 0.2) is 0 Å². The summed E-state index contributed by atoms with van der Waals surface area (Å²) >= 11 is 0. The SMILES string of the molecule is O=C(/C=C/c1ccc(CN(CCOC(=O)N2CCc3ccccc3C2)CCc2c[nH]c3ccccc23)cc1)NO. The highest BCUT2D eigenvalue weighted by atomic mass is 16.6. The van der Waals surface area contributed by atoms with Crippen LogP contribution in [0.15, 0.2) is 85.1 Å². The van der Waals surface area contributed by atoms with E-state index < -0.39 is 5.91 Å². The van der Waals surface area contributed by atoms with Crippen molar-refractivity contribution in [2.75, 3.05) is 26.2 Å². The van der Waals surface area contributed by atoms with Gasteiger partial charge in [-0.2, -0.15) is 0 Å². The van der Waals surface area contributed by atoms with E-state index in [1.165, 1.54) is 28.2 Å². The smallest absolute Gasteiger partial charge is 0.410 e. The average Bonchev–Trinajstić information content (AvgIpc) is 3.42. The summed E-state index contributed by atoms with van der Waals surface area (Å²) in [5, 5.41) is 9.88. The molecule has 206 valence electrons. The maximum Gasteiger partial charge on any atom is 0.410 e. The topological polar surface area (TPSA) is 97.9 Å². The zero-order valence-corrected chi connectivity index (χ0v) is 22.4. The fraction of sp³-hybridized carbons (Fsp3) is 0.250. The number of aromatic amines is 1. The van der Waals surface area contributed by atoms with Gasteiger partial charge in [-0.25, -0.2) is 10.3 Å². The Labute approximate surface area is 233 Å². The van der Waals surface area contributed by atoms with E-state index in [-0.39, 0.29) is 6.09 Å². The van der Waals surface area contributed by atoms with Crippen LogP contribution in [0.2, 0.25) is 0 Å². The van der Waals surface area contributed by atoms with Crippen molar-refractivity contribution in [2.45, 2.75) is 25.9 Å². The number of rotatable bonds is 10. The molecule has 8 nitrogen and oxygen atoms in total. The predicted molar refractivity (Wildman–Crippen MR) is 155 cm³/mol. The number of para-hydroxylation sites is 1. The predicted octanol–water partition coefficient (Wildman–Crippen LogP) is 4.93. The average molecular weight is 539 g/mol. The van der Waals surface area contributed by atoms with E-state index in [1.54, 1.807) is 16.5 Å². The number of amides is 2. The van der Waals surface area contributed by atoms with Crippen molar-refractivity contribution < 1.29 is 19.5 Å². The summed E-state index contributed by atoms with van der Waals surface area (Å²) in [7, 11) is 0. The molecule has 1 aromatic heterocycles. The minimum absolute atomic E-state index is 0.269. The molecule has 0 fully saturated rings. The number of carbonyl (C=O) groups is 2. The van der Waals surface area contributed by atoms with Gasteiger partial charge in [0.25, 0.3) is 5.91 Å². The molecule has 0 spiro atoms. The van der Waals surface area contributed by atoms with Gasteiger partial charge in [0, 0.05) is 55.9 Å². The van der Waals surface area contributed by atoms with Gasteiger partial charge in [0.1, 0.15) is 6.61 Å². The van der Waals surface area contributed by atoms with Crippen molar-refractivity contribution in [1.29, 1.82) is 0 Å². The molecule has 0 radical (unpaired) electrons. The minimum Gasteiger partial charge on any atom is -0.448 e. The normalized spacial score (nSPS) is 13.1. The first-order valence-electron chi connectivity index (χ1n) is 13.6. The van der Waals surface area contributed by atoms with E-state index in [0.717, 1.165) is 36.0 Å². The second-order valence-corrected chi connectivity index (χ2v) is 9.99. The summed E-state index contributed by atoms with van der Waals surface area (Å²) in [4.78, 5) is 31.5. The van der Waals surface area contributed by atoms with Gasteiger partial charge < -0.3 is 14.6 Å². The third kappa shape index (κ3) is 6.97. The molecular formula is C32H34N4O4. The summed E-state index contributed by atoms with van der Waals surface area (Å²) < 4.78 is 5.73. The number of hydrogen-bond donors (Lipinski definition) is 3. The lowest BCUT2D eigenvalue weighted by Gasteiger charge is -2.28. The van der Waals surface area contributed by atoms with Gasteiger partial charge in [-0.05, 0) is 52.8 Å². The number of H-pyrrole nitrogens is 1. The Morgan fingerprint density at radius 3 is 2.60 bits per heavy atom. The van der Waals surface area contributed by atoms with Crippen molar-refractivity contribution in [3.8, 4) is 0 Å². The van der Waals surface area contributed by atoms with Crippen LogP contribution >= 0.6 is 0 Å². The largest absolute Gasteiger partial charge is 0.448 e. The van der Waals surface area contributed by atoms with Gasteiger partial charge in [-0.1, -0.05) is 66.7 Å². The molecule has 0 atom stereocenters. The highest BCUT2D eigenvalue weighted by Crippen LogP contribution is 2.20. The lowest BCUT2D eigenvalue weighted by molar-refractivity contribution is -0.124. The summed E-state index contributed by atoms with van der Waals surface area (Å²) in [5.41, 5.74) is 8.42. The Kier molecular flexibility index (Phi) is 8.90. The molecule has 0 saturated carbocycles. The van der Waals surface area contributed by atoms with Crippen molar-refractivity contribution in [1.82, 2.24) is 20.3 Å². The molecule has 40 heavy (non-hydrogen) atoms. The van der Waals surface area contributed by atoms with Crippen molar-refractivity contribution in [2.24, 2.45) is 0 Å². The van der Waals surface area contributed by atoms with Crippen LogP contribution < -0.4 is 5.48 Å². The van der Waals surface area contributed by atoms with Crippen molar-refractivity contribution in [3.63, 3.8) is 0 Å². The molecule has 3 N–H and O–H groups in total. The fourth-order valence-corrected chi connectivity index (χ4v) is 5.09. The first kappa shape index (κ1) is 27.2. The number of aromatic nitrogens is 1. The summed E-state index contributed by atoms with van der Waals surface area (Å²) in [6.07, 6.45) is 6.42. The third-order valence-corrected chi connectivity index (χ3v) is 7.32. The van der Waals surface area contributed by atoms with Crippen LogP contribution in [0.5, 0.6) is 0 Å². The van der Waals surface area contributed by atoms with Gasteiger partial charge in [-0.3, -0.25) is 14.9 Å². The van der Waals surface area contributed by atoms with E-state index in [1.807, 2.05) is 42.5 Å². The number of fused-ring (bicyclic) bond motifs is 2. The van der Waals surface area contributed by atoms with Crippen LogP contribution in [-0.2, 0) is 35.5 Å². The number of ether oxygens (including phenoxy) is 1. The van der Waals surface area contributed by atoms with E-state index in [2.05, 4.69) is 46.4 Å². The molecule has 0 bridgehead atoms. The Balaban J connectivity index is 1.20. The van der Waals surface area contributed by atoms with Crippen LogP contribution in [-0.4, -0.2) is 58.2 Å². The van der Waals surface area contributed by atoms with Gasteiger partial charge in [0.05, 0.1) is 0 Å². The summed E-state index contributed by atoms with van der Waals surface area (Å²) in [6.45, 7) is 3.66. The second kappa shape index (κ2) is 13.1. The summed E-state index contributed by atoms with van der Waals surface area (Å²) in [5.74, 6) is -0.573. The monoisotopic (exact) mass is 538 g/mol. The molecule has 8 heteroatoms. The lowest BCUT2D eigenvalue weighted by Crippen LogP contribution is -2.38. The zero-order chi connectivity index (χ0) is 27.7. The quantitative estimate of drug-likeness (QED) is 0.151. The molecule has 2 heterocycles. The Bertz CT molecular complexity index is 1480. The third-order valence-electron chi connectivity index (χ3n) is 7.32. The molecule has 0 aliphatic carbocycles. The minimum atomic E-state index is -0.573. The number of hydroxylamine groups is 1. The molecule has 3 aromatic carbocycles. The van der Waals surface area contributed by atoms with Crippen molar-refractivity contribution >= 4 is 29.0 Å². The van der Waals surface area contributed by atoms with Gasteiger partial charge in [0.2, 0.25) is 0 Å². The molecule has 0 saturated heterocycles. The van der Waals surface area contributed by atoms with E-state index in [9.17, 15) is 9.59 Å². The maximum atomic E-state index is 12.8. The van der Waals surface area contributed by atoms with Gasteiger partial charge >= 0.3 is 6.09 Å². The Hall–Kier alpha value is -4.40. The van der Waals surface area contributed by atoms with E-state index in [0.29, 0.717) is 32.8 Å². The zero-order valence-electron chi connectivity index (χ0n) is 22.4. The molecular weight excluding hydrogens is 504 g/mol. The second-order valence-electron chi connectivity index (χ2n) is 9.99. The van der Waals surface area contributed by atoms with Crippen LogP contribution in [0.25, 0.3) is 17.0 Å². The van der Waals surface area contributed by atoms with Crippen LogP contribution in [0.3, 0.4) is 0 Å². The maximum absolute atomic E-state index is 12.8. The highest BCUT2D eigenvalue weighted by Gasteiger charge is 2.21. The van der Waals surface area contributed by atoms with Crippen LogP contribution in [0.1, 0.15) is 27.8 Å². The lowest BCUT2D eigenvalue weighted by atomic mass is 10.0.